The van der Waals surface area contributed by atoms with Crippen molar-refractivity contribution in [2.24, 2.45) is 0 Å². The summed E-state index contributed by atoms with van der Waals surface area (Å²) in [5.74, 6) is 1.21. The van der Waals surface area contributed by atoms with Crippen molar-refractivity contribution in [3.63, 3.8) is 0 Å². The predicted molar refractivity (Wildman–Crippen MR) is 57.2 cm³/mol. The number of carbonyl (C=O) groups excluding carboxylic acids is 1. The smallest absolute Gasteiger partial charge is 0.231 e. The highest BCUT2D eigenvalue weighted by atomic mass is 16.7. The summed E-state index contributed by atoms with van der Waals surface area (Å²) in [6.07, 6.45) is 4.50. The minimum atomic E-state index is 0.180. The van der Waals surface area contributed by atoms with Crippen molar-refractivity contribution in [3.8, 4) is 17.6 Å². The van der Waals surface area contributed by atoms with E-state index in [2.05, 4.69) is 0 Å². The standard InChI is InChI=1S/C12H9NO3/c13-4-2-1-3-9-5-11-12(16-8-15-11)6-10(9)7-14/h1,3,5-7H,2,8H2. The average molecular weight is 215 g/mol. The Morgan fingerprint density at radius 3 is 2.62 bits per heavy atom. The monoisotopic (exact) mass is 215 g/mol. The second kappa shape index (κ2) is 4.49. The van der Waals surface area contributed by atoms with Crippen LogP contribution in [0, 0.1) is 11.3 Å². The lowest BCUT2D eigenvalue weighted by molar-refractivity contribution is 0.112. The topological polar surface area (TPSA) is 59.3 Å². The lowest BCUT2D eigenvalue weighted by Gasteiger charge is -2.01. The Kier molecular flexibility index (Phi) is 2.88. The summed E-state index contributed by atoms with van der Waals surface area (Å²) in [5.41, 5.74) is 1.26. The number of benzene rings is 1. The predicted octanol–water partition coefficient (Wildman–Crippen LogP) is 2.15. The second-order valence-electron chi connectivity index (χ2n) is 3.22. The molecule has 1 heterocycles. The van der Waals surface area contributed by atoms with Crippen LogP contribution in [0.3, 0.4) is 0 Å². The third-order valence-electron chi connectivity index (χ3n) is 2.21. The molecule has 0 aromatic heterocycles. The summed E-state index contributed by atoms with van der Waals surface area (Å²) in [7, 11) is 0. The zero-order valence-corrected chi connectivity index (χ0v) is 8.47. The first-order valence-electron chi connectivity index (χ1n) is 4.77. The maximum atomic E-state index is 10.9. The molecule has 4 heteroatoms. The van der Waals surface area contributed by atoms with Crippen molar-refractivity contribution >= 4 is 12.4 Å². The van der Waals surface area contributed by atoms with Gasteiger partial charge < -0.3 is 9.47 Å². The molecular formula is C12H9NO3. The Labute approximate surface area is 92.7 Å². The largest absolute Gasteiger partial charge is 0.454 e. The van der Waals surface area contributed by atoms with Crippen molar-refractivity contribution < 1.29 is 14.3 Å². The van der Waals surface area contributed by atoms with E-state index in [0.717, 1.165) is 11.8 Å². The number of carbonyl (C=O) groups is 1. The molecule has 1 aromatic rings. The van der Waals surface area contributed by atoms with Gasteiger partial charge in [0.2, 0.25) is 6.79 Å². The van der Waals surface area contributed by atoms with Crippen molar-refractivity contribution in [1.29, 1.82) is 5.26 Å². The van der Waals surface area contributed by atoms with E-state index in [9.17, 15) is 4.79 Å². The normalized spacial score (nSPS) is 12.7. The van der Waals surface area contributed by atoms with Gasteiger partial charge in [-0.1, -0.05) is 12.2 Å². The van der Waals surface area contributed by atoms with Crippen LogP contribution in [0.5, 0.6) is 11.5 Å². The number of fused-ring (bicyclic) bond motifs is 1. The van der Waals surface area contributed by atoms with Crippen molar-refractivity contribution in [2.45, 2.75) is 6.42 Å². The van der Waals surface area contributed by atoms with E-state index in [1.165, 1.54) is 0 Å². The SMILES string of the molecule is N#CCC=Cc1cc2c(cc1C=O)OCO2. The van der Waals surface area contributed by atoms with Crippen LogP contribution in [0.15, 0.2) is 18.2 Å². The highest BCUT2D eigenvalue weighted by Crippen LogP contribution is 2.34. The maximum absolute atomic E-state index is 10.9. The first kappa shape index (κ1) is 10.2. The quantitative estimate of drug-likeness (QED) is 0.725. The minimum Gasteiger partial charge on any atom is -0.454 e. The number of hydrogen-bond donors (Lipinski definition) is 0. The van der Waals surface area contributed by atoms with E-state index in [1.807, 2.05) is 6.07 Å². The molecule has 0 amide bonds. The van der Waals surface area contributed by atoms with Gasteiger partial charge in [-0.25, -0.2) is 0 Å². The highest BCUT2D eigenvalue weighted by molar-refractivity contribution is 5.83. The third-order valence-corrected chi connectivity index (χ3v) is 2.21. The van der Waals surface area contributed by atoms with E-state index >= 15 is 0 Å². The Hall–Kier alpha value is -2.28. The molecule has 1 aliphatic rings. The molecule has 2 rings (SSSR count). The van der Waals surface area contributed by atoms with Crippen LogP contribution in [0.25, 0.3) is 6.08 Å². The summed E-state index contributed by atoms with van der Waals surface area (Å²) in [4.78, 5) is 10.9. The van der Waals surface area contributed by atoms with Gasteiger partial charge in [0.1, 0.15) is 0 Å². The Bertz CT molecular complexity index is 486. The molecule has 0 saturated carbocycles. The number of aldehydes is 1. The first-order valence-corrected chi connectivity index (χ1v) is 4.77. The Balaban J connectivity index is 2.37. The van der Waals surface area contributed by atoms with Crippen LogP contribution in [0.2, 0.25) is 0 Å². The van der Waals surface area contributed by atoms with Gasteiger partial charge in [0.25, 0.3) is 0 Å². The number of rotatable bonds is 3. The molecule has 0 bridgehead atoms. The van der Waals surface area contributed by atoms with E-state index in [1.54, 1.807) is 24.3 Å². The molecule has 1 aromatic carbocycles. The zero-order chi connectivity index (χ0) is 11.4. The van der Waals surface area contributed by atoms with Gasteiger partial charge >= 0.3 is 0 Å². The summed E-state index contributed by atoms with van der Waals surface area (Å²) < 4.78 is 10.4. The molecule has 0 saturated heterocycles. The van der Waals surface area contributed by atoms with Crippen molar-refractivity contribution in [1.82, 2.24) is 0 Å². The van der Waals surface area contributed by atoms with Crippen molar-refractivity contribution in [2.75, 3.05) is 6.79 Å². The molecule has 0 N–H and O–H groups in total. The molecule has 0 radical (unpaired) electrons. The fraction of sp³-hybridized carbons (Fsp3) is 0.167. The molecule has 0 unspecified atom stereocenters. The summed E-state index contributed by atoms with van der Waals surface area (Å²) in [5, 5.41) is 8.41. The minimum absolute atomic E-state index is 0.180. The van der Waals surface area contributed by atoms with E-state index in [0.29, 0.717) is 23.5 Å². The summed E-state index contributed by atoms with van der Waals surface area (Å²) >= 11 is 0. The fourth-order valence-corrected chi connectivity index (χ4v) is 1.46. The molecule has 0 fully saturated rings. The van der Waals surface area contributed by atoms with E-state index < -0.39 is 0 Å². The zero-order valence-electron chi connectivity index (χ0n) is 8.47. The molecular weight excluding hydrogens is 206 g/mol. The van der Waals surface area contributed by atoms with Gasteiger partial charge in [-0.3, -0.25) is 4.79 Å². The molecule has 1 aliphatic heterocycles. The van der Waals surface area contributed by atoms with Gasteiger partial charge in [0, 0.05) is 5.56 Å². The van der Waals surface area contributed by atoms with Gasteiger partial charge in [0.05, 0.1) is 12.5 Å². The van der Waals surface area contributed by atoms with Crippen LogP contribution in [0.1, 0.15) is 22.3 Å². The number of nitrogens with zero attached hydrogens (tertiary/aromatic N) is 1. The molecule has 80 valence electrons. The molecule has 0 aliphatic carbocycles. The number of allylic oxidation sites excluding steroid dienone is 1. The maximum Gasteiger partial charge on any atom is 0.231 e. The first-order chi connectivity index (χ1) is 7.85. The van der Waals surface area contributed by atoms with Gasteiger partial charge in [-0.05, 0) is 17.7 Å². The Morgan fingerprint density at radius 2 is 2.00 bits per heavy atom. The Morgan fingerprint density at radius 1 is 1.31 bits per heavy atom. The summed E-state index contributed by atoms with van der Waals surface area (Å²) in [6, 6.07) is 5.37. The number of hydrogen-bond acceptors (Lipinski definition) is 4. The fourth-order valence-electron chi connectivity index (χ4n) is 1.46. The van der Waals surface area contributed by atoms with Crippen LogP contribution >= 0.6 is 0 Å². The lowest BCUT2D eigenvalue weighted by atomic mass is 10.1. The van der Waals surface area contributed by atoms with E-state index in [-0.39, 0.29) is 6.79 Å². The van der Waals surface area contributed by atoms with Crippen LogP contribution in [0.4, 0.5) is 0 Å². The van der Waals surface area contributed by atoms with Crippen LogP contribution < -0.4 is 9.47 Å². The molecule has 0 atom stereocenters. The van der Waals surface area contributed by atoms with E-state index in [4.69, 9.17) is 14.7 Å². The van der Waals surface area contributed by atoms with Gasteiger partial charge in [-0.15, -0.1) is 0 Å². The van der Waals surface area contributed by atoms with Gasteiger partial charge in [-0.2, -0.15) is 5.26 Å². The number of nitriles is 1. The molecule has 0 spiro atoms. The average Bonchev–Trinajstić information content (AvgIpc) is 2.75. The third kappa shape index (κ3) is 1.89. The van der Waals surface area contributed by atoms with Crippen LogP contribution in [-0.4, -0.2) is 13.1 Å². The van der Waals surface area contributed by atoms with Crippen LogP contribution in [-0.2, 0) is 0 Å². The lowest BCUT2D eigenvalue weighted by Crippen LogP contribution is -1.92. The number of ether oxygens (including phenoxy) is 2. The molecule has 4 nitrogen and oxygen atoms in total. The van der Waals surface area contributed by atoms with Crippen molar-refractivity contribution in [3.05, 3.63) is 29.3 Å². The summed E-state index contributed by atoms with van der Waals surface area (Å²) in [6.45, 7) is 0.180. The van der Waals surface area contributed by atoms with Gasteiger partial charge in [0.15, 0.2) is 17.8 Å². The second-order valence-corrected chi connectivity index (χ2v) is 3.22. The highest BCUT2D eigenvalue weighted by Gasteiger charge is 2.15. The molecule has 16 heavy (non-hydrogen) atoms.